The van der Waals surface area contributed by atoms with Gasteiger partial charge < -0.3 is 15.5 Å². The van der Waals surface area contributed by atoms with Gasteiger partial charge in [-0.2, -0.15) is 5.10 Å². The first-order valence-corrected chi connectivity index (χ1v) is 8.19. The van der Waals surface area contributed by atoms with Crippen LogP contribution in [0.1, 0.15) is 21.7 Å². The monoisotopic (exact) mass is 366 g/mol. The number of carboxylic acid groups (broad SMARTS) is 1. The molecule has 0 atom stereocenters. The summed E-state index contributed by atoms with van der Waals surface area (Å²) >= 11 is 0. The molecule has 0 aliphatic carbocycles. The van der Waals surface area contributed by atoms with Crippen LogP contribution in [0, 0.1) is 13.8 Å². The quantitative estimate of drug-likeness (QED) is 0.636. The highest BCUT2D eigenvalue weighted by Gasteiger charge is 2.21. The van der Waals surface area contributed by atoms with Crippen molar-refractivity contribution >= 4 is 11.9 Å². The molecule has 0 unspecified atom stereocenters. The number of amides is 1. The summed E-state index contributed by atoms with van der Waals surface area (Å²) in [7, 11) is 0. The molecule has 3 rings (SSSR count). The second kappa shape index (κ2) is 7.28. The maximum Gasteiger partial charge on any atom is 0.322 e. The topological polar surface area (TPSA) is 117 Å². The number of nitrogens with zero attached hydrogens (tertiary/aromatic N) is 3. The zero-order valence-corrected chi connectivity index (χ0v) is 14.8. The van der Waals surface area contributed by atoms with E-state index in [4.69, 9.17) is 5.11 Å². The lowest BCUT2D eigenvalue weighted by Gasteiger charge is -2.13. The highest BCUT2D eigenvalue weighted by Crippen LogP contribution is 2.33. The second-order valence-corrected chi connectivity index (χ2v) is 5.98. The van der Waals surface area contributed by atoms with Gasteiger partial charge in [-0.3, -0.25) is 9.59 Å². The van der Waals surface area contributed by atoms with Crippen molar-refractivity contribution in [3.05, 3.63) is 59.7 Å². The Morgan fingerprint density at radius 3 is 2.56 bits per heavy atom. The van der Waals surface area contributed by atoms with Crippen molar-refractivity contribution in [3.8, 4) is 22.6 Å². The van der Waals surface area contributed by atoms with Crippen LogP contribution in [0.3, 0.4) is 0 Å². The number of rotatable bonds is 5. The summed E-state index contributed by atoms with van der Waals surface area (Å²) in [5, 5.41) is 25.6. The molecular weight excluding hydrogens is 348 g/mol. The van der Waals surface area contributed by atoms with Crippen LogP contribution in [-0.2, 0) is 4.79 Å². The maximum absolute atomic E-state index is 12.1. The summed E-state index contributed by atoms with van der Waals surface area (Å²) < 4.78 is 1.71. The lowest BCUT2D eigenvalue weighted by atomic mass is 10.00. The largest absolute Gasteiger partial charge is 0.505 e. The van der Waals surface area contributed by atoms with E-state index in [9.17, 15) is 14.7 Å². The van der Waals surface area contributed by atoms with E-state index in [2.05, 4.69) is 15.4 Å². The fourth-order valence-electron chi connectivity index (χ4n) is 2.84. The molecule has 138 valence electrons. The summed E-state index contributed by atoms with van der Waals surface area (Å²) in [6, 6.07) is 9.57. The highest BCUT2D eigenvalue weighted by molar-refractivity contribution is 5.97. The van der Waals surface area contributed by atoms with Crippen LogP contribution in [-0.4, -0.2) is 43.4 Å². The van der Waals surface area contributed by atoms with Crippen LogP contribution >= 0.6 is 0 Å². The Balaban J connectivity index is 1.98. The van der Waals surface area contributed by atoms with Crippen molar-refractivity contribution in [3.63, 3.8) is 0 Å². The minimum absolute atomic E-state index is 0.203. The summed E-state index contributed by atoms with van der Waals surface area (Å²) in [5.41, 5.74) is 3.10. The number of aliphatic carboxylic acids is 1. The summed E-state index contributed by atoms with van der Waals surface area (Å²) in [6.07, 6.45) is 3.48. The molecule has 2 heterocycles. The number of aromatic hydroxyl groups is 1. The van der Waals surface area contributed by atoms with E-state index < -0.39 is 18.4 Å². The Labute approximate surface area is 155 Å². The van der Waals surface area contributed by atoms with Crippen molar-refractivity contribution in [1.82, 2.24) is 20.1 Å². The van der Waals surface area contributed by atoms with E-state index in [-0.39, 0.29) is 11.4 Å². The Bertz CT molecular complexity index is 1010. The van der Waals surface area contributed by atoms with Crippen LogP contribution in [0.4, 0.5) is 0 Å². The van der Waals surface area contributed by atoms with Gasteiger partial charge in [-0.15, -0.1) is 0 Å². The smallest absolute Gasteiger partial charge is 0.322 e. The summed E-state index contributed by atoms with van der Waals surface area (Å²) in [6.45, 7) is 2.84. The zero-order chi connectivity index (χ0) is 19.6. The highest BCUT2D eigenvalue weighted by atomic mass is 16.4. The van der Waals surface area contributed by atoms with Gasteiger partial charge in [0.1, 0.15) is 12.3 Å². The van der Waals surface area contributed by atoms with Gasteiger partial charge in [-0.05, 0) is 26.0 Å². The number of pyridine rings is 1. The van der Waals surface area contributed by atoms with E-state index in [1.165, 1.54) is 0 Å². The van der Waals surface area contributed by atoms with Gasteiger partial charge in [-0.1, -0.05) is 18.2 Å². The first-order valence-electron chi connectivity index (χ1n) is 8.19. The van der Waals surface area contributed by atoms with Gasteiger partial charge in [0.25, 0.3) is 5.91 Å². The van der Waals surface area contributed by atoms with Crippen molar-refractivity contribution < 1.29 is 19.8 Å². The van der Waals surface area contributed by atoms with Gasteiger partial charge >= 0.3 is 5.97 Å². The third kappa shape index (κ3) is 3.64. The molecule has 3 N–H and O–H groups in total. The van der Waals surface area contributed by atoms with Crippen LogP contribution in [0.15, 0.2) is 42.7 Å². The van der Waals surface area contributed by atoms with Crippen molar-refractivity contribution in [2.24, 2.45) is 0 Å². The minimum Gasteiger partial charge on any atom is -0.505 e. The molecule has 27 heavy (non-hydrogen) atoms. The Morgan fingerprint density at radius 1 is 1.19 bits per heavy atom. The van der Waals surface area contributed by atoms with Crippen molar-refractivity contribution in [1.29, 1.82) is 0 Å². The molecule has 0 spiro atoms. The second-order valence-electron chi connectivity index (χ2n) is 5.98. The Hall–Kier alpha value is -3.68. The molecule has 0 fully saturated rings. The molecule has 3 aromatic rings. The average Bonchev–Trinajstić information content (AvgIpc) is 3.13. The Morgan fingerprint density at radius 2 is 1.89 bits per heavy atom. The Kier molecular flexibility index (Phi) is 4.89. The number of hydrogen-bond donors (Lipinski definition) is 3. The van der Waals surface area contributed by atoms with E-state index in [1.54, 1.807) is 24.7 Å². The SMILES string of the molecule is Cc1nc(C(=O)NCC(=O)O)c(O)c(C)c1-c1cnn(-c2ccccc2)c1. The fourth-order valence-corrected chi connectivity index (χ4v) is 2.84. The maximum atomic E-state index is 12.1. The molecule has 1 aromatic carbocycles. The molecule has 0 saturated heterocycles. The molecule has 0 bridgehead atoms. The van der Waals surface area contributed by atoms with E-state index in [1.807, 2.05) is 36.5 Å². The van der Waals surface area contributed by atoms with Crippen LogP contribution in [0.2, 0.25) is 0 Å². The lowest BCUT2D eigenvalue weighted by Crippen LogP contribution is -2.30. The summed E-state index contributed by atoms with van der Waals surface area (Å²) in [5.74, 6) is -2.21. The van der Waals surface area contributed by atoms with Crippen LogP contribution in [0.5, 0.6) is 5.75 Å². The number of hydrogen-bond acceptors (Lipinski definition) is 5. The number of aromatic nitrogens is 3. The molecule has 0 aliphatic rings. The molecule has 0 radical (unpaired) electrons. The lowest BCUT2D eigenvalue weighted by molar-refractivity contribution is -0.135. The van der Waals surface area contributed by atoms with E-state index in [0.717, 1.165) is 11.3 Å². The number of para-hydroxylation sites is 1. The number of nitrogens with one attached hydrogen (secondary N) is 1. The van der Waals surface area contributed by atoms with Crippen molar-refractivity contribution in [2.75, 3.05) is 6.54 Å². The van der Waals surface area contributed by atoms with E-state index >= 15 is 0 Å². The van der Waals surface area contributed by atoms with Crippen LogP contribution in [0.25, 0.3) is 16.8 Å². The van der Waals surface area contributed by atoms with Gasteiger partial charge in [0, 0.05) is 28.6 Å². The van der Waals surface area contributed by atoms with Gasteiger partial charge in [0.2, 0.25) is 0 Å². The van der Waals surface area contributed by atoms with Gasteiger partial charge in [0.05, 0.1) is 11.9 Å². The van der Waals surface area contributed by atoms with Gasteiger partial charge in [-0.25, -0.2) is 9.67 Å². The molecular formula is C19H18N4O4. The first kappa shape index (κ1) is 18.1. The standard InChI is InChI=1S/C19H18N4O4/c1-11-16(13-8-21-23(10-13)14-6-4-3-5-7-14)12(2)22-17(18(11)26)19(27)20-9-15(24)25/h3-8,10,26H,9H2,1-2H3,(H,20,27)(H,24,25). The molecule has 2 aromatic heterocycles. The molecule has 0 aliphatic heterocycles. The molecule has 1 amide bonds. The molecule has 0 saturated carbocycles. The number of carbonyl (C=O) groups is 2. The normalized spacial score (nSPS) is 10.6. The molecule has 8 nitrogen and oxygen atoms in total. The number of benzene rings is 1. The predicted molar refractivity (Wildman–Crippen MR) is 97.9 cm³/mol. The average molecular weight is 366 g/mol. The number of aryl methyl sites for hydroxylation is 1. The zero-order valence-electron chi connectivity index (χ0n) is 14.8. The minimum atomic E-state index is -1.18. The predicted octanol–water partition coefficient (Wildman–Crippen LogP) is 2.07. The summed E-state index contributed by atoms with van der Waals surface area (Å²) in [4.78, 5) is 26.9. The van der Waals surface area contributed by atoms with Crippen LogP contribution < -0.4 is 5.32 Å². The third-order valence-electron chi connectivity index (χ3n) is 4.10. The third-order valence-corrected chi connectivity index (χ3v) is 4.10. The fraction of sp³-hybridized carbons (Fsp3) is 0.158. The number of carboxylic acids is 1. The number of carbonyl (C=O) groups excluding carboxylic acids is 1. The van der Waals surface area contributed by atoms with Crippen molar-refractivity contribution in [2.45, 2.75) is 13.8 Å². The van der Waals surface area contributed by atoms with Gasteiger partial charge in [0.15, 0.2) is 5.69 Å². The molecule has 8 heteroatoms. The van der Waals surface area contributed by atoms with E-state index in [0.29, 0.717) is 16.8 Å². The first-order chi connectivity index (χ1) is 12.9.